The molecule has 2 saturated heterocycles. The maximum Gasteiger partial charge on any atom is 0.227 e. The van der Waals surface area contributed by atoms with Gasteiger partial charge in [0.05, 0.1) is 17.3 Å². The van der Waals surface area contributed by atoms with Crippen molar-refractivity contribution in [2.45, 2.75) is 51.0 Å². The lowest BCUT2D eigenvalue weighted by atomic mass is 9.67. The average Bonchev–Trinajstić information content (AvgIpc) is 3.06. The highest BCUT2D eigenvalue weighted by Gasteiger charge is 2.49. The van der Waals surface area contributed by atoms with Gasteiger partial charge in [0, 0.05) is 26.2 Å². The molecule has 0 bridgehead atoms. The molecule has 0 aromatic carbocycles. The van der Waals surface area contributed by atoms with Crippen molar-refractivity contribution in [2.24, 2.45) is 11.3 Å². The molecule has 2 aliphatic heterocycles. The minimum Gasteiger partial charge on any atom is -0.377 e. The lowest BCUT2D eigenvalue weighted by Crippen LogP contribution is -2.49. The predicted molar refractivity (Wildman–Crippen MR) is 95.7 cm³/mol. The number of rotatable bonds is 7. The Labute approximate surface area is 150 Å². The first-order valence-corrected chi connectivity index (χ1v) is 11.2. The molecule has 3 N–H and O–H groups in total. The molecule has 25 heavy (non-hydrogen) atoms. The predicted octanol–water partition coefficient (Wildman–Crippen LogP) is 0.371. The summed E-state index contributed by atoms with van der Waals surface area (Å²) in [4.78, 5) is 12.7. The molecule has 0 spiro atoms. The van der Waals surface area contributed by atoms with Gasteiger partial charge in [-0.3, -0.25) is 4.79 Å². The number of amides is 1. The van der Waals surface area contributed by atoms with Crippen LogP contribution in [0.25, 0.3) is 0 Å². The number of fused-ring (bicyclic) bond motifs is 1. The number of hydrogen-bond acceptors (Lipinski definition) is 5. The van der Waals surface area contributed by atoms with E-state index in [1.54, 1.807) is 0 Å². The largest absolute Gasteiger partial charge is 0.377 e. The van der Waals surface area contributed by atoms with Gasteiger partial charge in [-0.25, -0.2) is 13.1 Å². The summed E-state index contributed by atoms with van der Waals surface area (Å²) >= 11 is 0. The van der Waals surface area contributed by atoms with Gasteiger partial charge in [-0.2, -0.15) is 0 Å². The van der Waals surface area contributed by atoms with Crippen molar-refractivity contribution in [3.63, 3.8) is 0 Å². The molecule has 0 aromatic heterocycles. The average molecular weight is 374 g/mol. The van der Waals surface area contributed by atoms with Crippen LogP contribution in [-0.4, -0.2) is 59.0 Å². The van der Waals surface area contributed by atoms with Gasteiger partial charge in [0.15, 0.2) is 0 Å². The molecule has 1 amide bonds. The van der Waals surface area contributed by atoms with Crippen molar-refractivity contribution in [1.82, 2.24) is 15.4 Å². The first kappa shape index (κ1) is 19.1. The van der Waals surface area contributed by atoms with E-state index in [4.69, 9.17) is 4.74 Å². The third-order valence-electron chi connectivity index (χ3n) is 5.95. The molecule has 1 unspecified atom stereocenters. The Morgan fingerprint density at radius 3 is 2.84 bits per heavy atom. The SMILES string of the molecule is O=C(NCCS(=O)(=O)NCC1CCCCO1)[C@@]12CCCC[C@H]1CNC2. The van der Waals surface area contributed by atoms with Gasteiger partial charge in [0.2, 0.25) is 15.9 Å². The second-order valence-electron chi connectivity index (χ2n) is 7.64. The number of ether oxygens (including phenoxy) is 1. The van der Waals surface area contributed by atoms with Crippen LogP contribution >= 0.6 is 0 Å². The van der Waals surface area contributed by atoms with Gasteiger partial charge in [-0.1, -0.05) is 12.8 Å². The van der Waals surface area contributed by atoms with Crippen LogP contribution in [0, 0.1) is 11.3 Å². The lowest BCUT2D eigenvalue weighted by Gasteiger charge is -2.37. The van der Waals surface area contributed by atoms with Crippen molar-refractivity contribution in [3.05, 3.63) is 0 Å². The summed E-state index contributed by atoms with van der Waals surface area (Å²) < 4.78 is 32.4. The standard InChI is InChI=1S/C17H31N3O4S/c21-16(17-7-3-1-5-14(17)11-18-13-17)19-8-10-25(22,23)20-12-15-6-2-4-9-24-15/h14-15,18,20H,1-13H2,(H,19,21)/t14-,15?,17+/m0/s1. The molecule has 3 rings (SSSR count). The smallest absolute Gasteiger partial charge is 0.227 e. The molecule has 3 atom stereocenters. The minimum absolute atomic E-state index is 0.0213. The Morgan fingerprint density at radius 1 is 1.20 bits per heavy atom. The van der Waals surface area contributed by atoms with E-state index in [1.165, 1.54) is 6.42 Å². The van der Waals surface area contributed by atoms with E-state index in [0.29, 0.717) is 25.6 Å². The van der Waals surface area contributed by atoms with E-state index in [0.717, 1.165) is 45.1 Å². The van der Waals surface area contributed by atoms with E-state index in [1.807, 2.05) is 0 Å². The zero-order chi connectivity index (χ0) is 17.8. The molecule has 3 aliphatic rings. The van der Waals surface area contributed by atoms with Gasteiger partial charge >= 0.3 is 0 Å². The molecule has 1 saturated carbocycles. The van der Waals surface area contributed by atoms with Crippen LogP contribution in [0.2, 0.25) is 0 Å². The Kier molecular flexibility index (Phi) is 6.35. The Bertz CT molecular complexity index is 562. The van der Waals surface area contributed by atoms with Crippen molar-refractivity contribution < 1.29 is 17.9 Å². The summed E-state index contributed by atoms with van der Waals surface area (Å²) in [5.41, 5.74) is -0.328. The van der Waals surface area contributed by atoms with E-state index < -0.39 is 10.0 Å². The van der Waals surface area contributed by atoms with Crippen molar-refractivity contribution in [2.75, 3.05) is 38.5 Å². The molecule has 0 radical (unpaired) electrons. The highest BCUT2D eigenvalue weighted by molar-refractivity contribution is 7.89. The van der Waals surface area contributed by atoms with Gasteiger partial charge in [0.1, 0.15) is 0 Å². The van der Waals surface area contributed by atoms with Crippen LogP contribution in [0.5, 0.6) is 0 Å². The van der Waals surface area contributed by atoms with Crippen molar-refractivity contribution in [3.8, 4) is 0 Å². The second kappa shape index (κ2) is 8.33. The monoisotopic (exact) mass is 373 g/mol. The zero-order valence-corrected chi connectivity index (χ0v) is 15.7. The molecule has 2 heterocycles. The fourth-order valence-electron chi connectivity index (χ4n) is 4.43. The van der Waals surface area contributed by atoms with Crippen LogP contribution in [0.3, 0.4) is 0 Å². The zero-order valence-electron chi connectivity index (χ0n) is 14.9. The van der Waals surface area contributed by atoms with Gasteiger partial charge < -0.3 is 15.4 Å². The summed E-state index contributed by atoms with van der Waals surface area (Å²) in [5.74, 6) is 0.326. The summed E-state index contributed by atoms with van der Waals surface area (Å²) in [6.45, 7) is 2.81. The van der Waals surface area contributed by atoms with Crippen molar-refractivity contribution in [1.29, 1.82) is 0 Å². The first-order valence-electron chi connectivity index (χ1n) is 9.60. The van der Waals surface area contributed by atoms with E-state index in [9.17, 15) is 13.2 Å². The van der Waals surface area contributed by atoms with Crippen LogP contribution in [0.4, 0.5) is 0 Å². The van der Waals surface area contributed by atoms with Crippen molar-refractivity contribution >= 4 is 15.9 Å². The molecular weight excluding hydrogens is 342 g/mol. The number of nitrogens with one attached hydrogen (secondary N) is 3. The fourth-order valence-corrected chi connectivity index (χ4v) is 5.38. The highest BCUT2D eigenvalue weighted by atomic mass is 32.2. The van der Waals surface area contributed by atoms with E-state index in [2.05, 4.69) is 15.4 Å². The topological polar surface area (TPSA) is 96.5 Å². The van der Waals surface area contributed by atoms with Crippen LogP contribution in [0.1, 0.15) is 44.9 Å². The van der Waals surface area contributed by atoms with E-state index in [-0.39, 0.29) is 29.7 Å². The fraction of sp³-hybridized carbons (Fsp3) is 0.941. The maximum absolute atomic E-state index is 12.7. The quantitative estimate of drug-likeness (QED) is 0.599. The number of carbonyl (C=O) groups is 1. The van der Waals surface area contributed by atoms with E-state index >= 15 is 0 Å². The molecule has 3 fully saturated rings. The molecule has 8 heteroatoms. The molecule has 7 nitrogen and oxygen atoms in total. The molecular formula is C17H31N3O4S. The maximum atomic E-state index is 12.7. The minimum atomic E-state index is -3.39. The van der Waals surface area contributed by atoms with Gasteiger partial charge in [-0.15, -0.1) is 0 Å². The van der Waals surface area contributed by atoms with Gasteiger partial charge in [0.25, 0.3) is 0 Å². The van der Waals surface area contributed by atoms with Gasteiger partial charge in [-0.05, 0) is 44.6 Å². The molecule has 0 aromatic rings. The summed E-state index contributed by atoms with van der Waals surface area (Å²) in [5, 5.41) is 6.22. The number of hydrogen-bond donors (Lipinski definition) is 3. The van der Waals surface area contributed by atoms with Crippen LogP contribution in [0.15, 0.2) is 0 Å². The number of carbonyl (C=O) groups excluding carboxylic acids is 1. The summed E-state index contributed by atoms with van der Waals surface area (Å²) in [6.07, 6.45) is 7.25. The summed E-state index contributed by atoms with van der Waals surface area (Å²) in [6, 6.07) is 0. The first-order chi connectivity index (χ1) is 12.0. The Hall–Kier alpha value is -0.700. The Balaban J connectivity index is 1.42. The van der Waals surface area contributed by atoms with Crippen LogP contribution in [-0.2, 0) is 19.6 Å². The molecule has 1 aliphatic carbocycles. The second-order valence-corrected chi connectivity index (χ2v) is 9.57. The lowest BCUT2D eigenvalue weighted by molar-refractivity contribution is -0.133. The third kappa shape index (κ3) is 4.72. The highest BCUT2D eigenvalue weighted by Crippen LogP contribution is 2.43. The molecule has 144 valence electrons. The Morgan fingerprint density at radius 2 is 2.04 bits per heavy atom. The number of sulfonamides is 1. The summed E-state index contributed by atoms with van der Waals surface area (Å²) in [7, 11) is -3.39. The normalized spacial score (nSPS) is 33.0. The van der Waals surface area contributed by atoms with Crippen LogP contribution < -0.4 is 15.4 Å². The third-order valence-corrected chi connectivity index (χ3v) is 7.30.